The monoisotopic (exact) mass is 325 g/mol. The first kappa shape index (κ1) is 16.0. The van der Waals surface area contributed by atoms with Crippen molar-refractivity contribution in [2.45, 2.75) is 19.4 Å². The highest BCUT2D eigenvalue weighted by Gasteiger charge is 2.32. The number of aryl methyl sites for hydroxylation is 1. The van der Waals surface area contributed by atoms with Crippen LogP contribution in [0.2, 0.25) is 5.02 Å². The van der Waals surface area contributed by atoms with E-state index in [0.717, 1.165) is 0 Å². The van der Waals surface area contributed by atoms with Crippen LogP contribution >= 0.6 is 11.6 Å². The minimum Gasteiger partial charge on any atom is -0.464 e. The topological polar surface area (TPSA) is 91.0 Å². The molecule has 2 aromatic heterocycles. The molecule has 0 aliphatic carbocycles. The van der Waals surface area contributed by atoms with Crippen LogP contribution < -0.4 is 5.32 Å². The first-order valence-corrected chi connectivity index (χ1v) is 6.77. The van der Waals surface area contributed by atoms with Crippen LogP contribution in [0.25, 0.3) is 0 Å². The summed E-state index contributed by atoms with van der Waals surface area (Å²) < 4.78 is 7.46. The van der Waals surface area contributed by atoms with Crippen molar-refractivity contribution < 1.29 is 14.3 Å². The second kappa shape index (κ2) is 5.80. The number of hydrogen-bond donors (Lipinski definition) is 1. The van der Waals surface area contributed by atoms with Crippen LogP contribution in [0.4, 0.5) is 5.69 Å². The van der Waals surface area contributed by atoms with E-state index in [1.807, 2.05) is 0 Å². The van der Waals surface area contributed by atoms with Crippen molar-refractivity contribution in [3.8, 4) is 0 Å². The summed E-state index contributed by atoms with van der Waals surface area (Å²) in [5, 5.41) is 11.1. The summed E-state index contributed by atoms with van der Waals surface area (Å²) in [5.74, 6) is -0.958. The second-order valence-electron chi connectivity index (χ2n) is 5.14. The van der Waals surface area contributed by atoms with Crippen molar-refractivity contribution in [3.63, 3.8) is 0 Å². The highest BCUT2D eigenvalue weighted by molar-refractivity contribution is 6.30. The van der Waals surface area contributed by atoms with E-state index in [1.165, 1.54) is 28.9 Å². The number of aromatic nitrogens is 4. The first-order chi connectivity index (χ1) is 10.3. The van der Waals surface area contributed by atoms with Gasteiger partial charge in [-0.25, -0.2) is 4.79 Å². The third-order valence-electron chi connectivity index (χ3n) is 3.25. The zero-order valence-corrected chi connectivity index (χ0v) is 13.4. The molecule has 2 heterocycles. The Labute approximate surface area is 132 Å². The van der Waals surface area contributed by atoms with Gasteiger partial charge in [-0.05, 0) is 13.8 Å². The molecule has 22 heavy (non-hydrogen) atoms. The van der Waals surface area contributed by atoms with Crippen LogP contribution in [0.5, 0.6) is 0 Å². The molecule has 1 amide bonds. The van der Waals surface area contributed by atoms with Gasteiger partial charge < -0.3 is 10.1 Å². The lowest BCUT2D eigenvalue weighted by molar-refractivity contribution is -0.123. The largest absolute Gasteiger partial charge is 0.464 e. The molecule has 0 unspecified atom stereocenters. The van der Waals surface area contributed by atoms with Crippen LogP contribution in [-0.2, 0) is 22.1 Å². The van der Waals surface area contributed by atoms with E-state index in [-0.39, 0.29) is 17.3 Å². The van der Waals surface area contributed by atoms with Gasteiger partial charge in [0.05, 0.1) is 30.2 Å². The van der Waals surface area contributed by atoms with Crippen LogP contribution in [0.1, 0.15) is 24.3 Å². The molecule has 0 saturated heterocycles. The number of nitrogens with zero attached hydrogens (tertiary/aromatic N) is 4. The molecule has 0 atom stereocenters. The Morgan fingerprint density at radius 1 is 1.32 bits per heavy atom. The Bertz CT molecular complexity index is 719. The average Bonchev–Trinajstić information content (AvgIpc) is 3.05. The molecule has 0 bridgehead atoms. The molecule has 2 rings (SSSR count). The Kier molecular flexibility index (Phi) is 4.23. The van der Waals surface area contributed by atoms with Gasteiger partial charge in [-0.2, -0.15) is 10.2 Å². The quantitative estimate of drug-likeness (QED) is 0.859. The fourth-order valence-electron chi connectivity index (χ4n) is 1.85. The number of halogens is 1. The van der Waals surface area contributed by atoms with Gasteiger partial charge in [0.2, 0.25) is 0 Å². The van der Waals surface area contributed by atoms with E-state index in [9.17, 15) is 9.59 Å². The molecule has 0 saturated carbocycles. The van der Waals surface area contributed by atoms with Gasteiger partial charge in [0, 0.05) is 13.2 Å². The number of rotatable bonds is 4. The molecule has 0 aromatic carbocycles. The number of carbonyl (C=O) groups is 2. The van der Waals surface area contributed by atoms with E-state index in [0.29, 0.717) is 5.02 Å². The van der Waals surface area contributed by atoms with E-state index < -0.39 is 11.5 Å². The molecule has 9 heteroatoms. The van der Waals surface area contributed by atoms with Crippen molar-refractivity contribution in [1.82, 2.24) is 19.6 Å². The molecule has 0 fully saturated rings. The lowest BCUT2D eigenvalue weighted by Crippen LogP contribution is -2.40. The normalized spacial score (nSPS) is 11.3. The maximum Gasteiger partial charge on any atom is 0.358 e. The van der Waals surface area contributed by atoms with Gasteiger partial charge in [-0.15, -0.1) is 0 Å². The van der Waals surface area contributed by atoms with Gasteiger partial charge in [0.25, 0.3) is 5.91 Å². The summed E-state index contributed by atoms with van der Waals surface area (Å²) >= 11 is 5.83. The Balaban J connectivity index is 2.28. The van der Waals surface area contributed by atoms with Crippen LogP contribution in [0.3, 0.4) is 0 Å². The maximum absolute atomic E-state index is 12.5. The summed E-state index contributed by atoms with van der Waals surface area (Å²) in [4.78, 5) is 24.3. The molecule has 8 nitrogen and oxygen atoms in total. The van der Waals surface area contributed by atoms with E-state index >= 15 is 0 Å². The zero-order chi connectivity index (χ0) is 16.5. The Morgan fingerprint density at radius 2 is 2.00 bits per heavy atom. The molecular formula is C13H16ClN5O3. The minimum absolute atomic E-state index is 0.158. The van der Waals surface area contributed by atoms with Crippen molar-refractivity contribution >= 4 is 29.2 Å². The fourth-order valence-corrected chi connectivity index (χ4v) is 1.99. The summed E-state index contributed by atoms with van der Waals surface area (Å²) in [7, 11) is 2.84. The zero-order valence-electron chi connectivity index (χ0n) is 12.6. The predicted octanol–water partition coefficient (Wildman–Crippen LogP) is 1.43. The number of esters is 1. The molecule has 0 aliphatic rings. The molecule has 2 aromatic rings. The standard InChI is InChI=1S/C13H16ClN5O3/c1-13(2,19-7-8(14)5-16-19)12(21)17-9-6-15-18(3)10(9)11(20)22-4/h5-7H,1-4H3,(H,17,21). The van der Waals surface area contributed by atoms with Crippen LogP contribution in [-0.4, -0.2) is 38.5 Å². The van der Waals surface area contributed by atoms with Crippen LogP contribution in [0.15, 0.2) is 18.6 Å². The molecule has 118 valence electrons. The molecule has 1 N–H and O–H groups in total. The fraction of sp³-hybridized carbons (Fsp3) is 0.385. The third-order valence-corrected chi connectivity index (χ3v) is 3.44. The highest BCUT2D eigenvalue weighted by atomic mass is 35.5. The SMILES string of the molecule is COC(=O)c1c(NC(=O)C(C)(C)n2cc(Cl)cn2)cnn1C. The number of nitrogens with one attached hydrogen (secondary N) is 1. The number of anilines is 1. The maximum atomic E-state index is 12.5. The second-order valence-corrected chi connectivity index (χ2v) is 5.57. The number of hydrogen-bond acceptors (Lipinski definition) is 5. The Hall–Kier alpha value is -2.35. The lowest BCUT2D eigenvalue weighted by atomic mass is 10.0. The number of amides is 1. The molecule has 0 radical (unpaired) electrons. The van der Waals surface area contributed by atoms with Crippen LogP contribution in [0, 0.1) is 0 Å². The van der Waals surface area contributed by atoms with Gasteiger partial charge >= 0.3 is 5.97 Å². The number of methoxy groups -OCH3 is 1. The first-order valence-electron chi connectivity index (χ1n) is 6.39. The average molecular weight is 326 g/mol. The Morgan fingerprint density at radius 3 is 2.55 bits per heavy atom. The van der Waals surface area contributed by atoms with Crippen molar-refractivity contribution in [2.24, 2.45) is 7.05 Å². The van der Waals surface area contributed by atoms with Crippen molar-refractivity contribution in [3.05, 3.63) is 29.3 Å². The highest BCUT2D eigenvalue weighted by Crippen LogP contribution is 2.22. The number of ether oxygens (including phenoxy) is 1. The van der Waals surface area contributed by atoms with E-state index in [2.05, 4.69) is 20.3 Å². The van der Waals surface area contributed by atoms with Crippen molar-refractivity contribution in [1.29, 1.82) is 0 Å². The summed E-state index contributed by atoms with van der Waals surface area (Å²) in [6.45, 7) is 3.36. The molecular weight excluding hydrogens is 310 g/mol. The lowest BCUT2D eigenvalue weighted by Gasteiger charge is -2.24. The van der Waals surface area contributed by atoms with Crippen molar-refractivity contribution in [2.75, 3.05) is 12.4 Å². The van der Waals surface area contributed by atoms with Gasteiger partial charge in [-0.3, -0.25) is 14.2 Å². The van der Waals surface area contributed by atoms with Gasteiger partial charge in [0.15, 0.2) is 5.69 Å². The number of carbonyl (C=O) groups excluding carboxylic acids is 2. The predicted molar refractivity (Wildman–Crippen MR) is 79.7 cm³/mol. The van der Waals surface area contributed by atoms with Gasteiger partial charge in [-0.1, -0.05) is 11.6 Å². The molecule has 0 aliphatic heterocycles. The molecule has 0 spiro atoms. The third kappa shape index (κ3) is 2.82. The van der Waals surface area contributed by atoms with E-state index in [4.69, 9.17) is 11.6 Å². The smallest absolute Gasteiger partial charge is 0.358 e. The van der Waals surface area contributed by atoms with E-state index in [1.54, 1.807) is 27.1 Å². The summed E-state index contributed by atoms with van der Waals surface area (Å²) in [6.07, 6.45) is 4.38. The summed E-state index contributed by atoms with van der Waals surface area (Å²) in [5.41, 5.74) is -0.577. The van der Waals surface area contributed by atoms with Gasteiger partial charge in [0.1, 0.15) is 5.54 Å². The summed E-state index contributed by atoms with van der Waals surface area (Å²) in [6, 6.07) is 0. The minimum atomic E-state index is -1.00.